The molecular weight excluding hydrogens is 242 g/mol. The first-order valence-corrected chi connectivity index (χ1v) is 6.01. The molecule has 1 heterocycles. The number of aryl methyl sites for hydroxylation is 2. The van der Waals surface area contributed by atoms with E-state index in [-0.39, 0.29) is 5.56 Å². The molecule has 1 N–H and O–H groups in total. The van der Waals surface area contributed by atoms with Crippen molar-refractivity contribution in [1.29, 1.82) is 0 Å². The van der Waals surface area contributed by atoms with Gasteiger partial charge < -0.3 is 5.11 Å². The fourth-order valence-corrected chi connectivity index (χ4v) is 2.81. The third-order valence-corrected chi connectivity index (χ3v) is 3.63. The number of aliphatic hydroxyl groups is 1. The highest BCUT2D eigenvalue weighted by Gasteiger charge is 2.22. The molecule has 1 nitrogen and oxygen atoms in total. The van der Waals surface area contributed by atoms with Crippen molar-refractivity contribution in [2.75, 3.05) is 0 Å². The summed E-state index contributed by atoms with van der Waals surface area (Å²) in [6.45, 7) is 3.72. The Hall–Kier alpha value is -1.26. The van der Waals surface area contributed by atoms with Gasteiger partial charge in [0.15, 0.2) is 0 Å². The van der Waals surface area contributed by atoms with Crippen LogP contribution in [0.4, 0.5) is 8.78 Å². The molecule has 1 atom stereocenters. The van der Waals surface area contributed by atoms with E-state index in [0.717, 1.165) is 21.9 Å². The fourth-order valence-electron chi connectivity index (χ4n) is 1.85. The maximum Gasteiger partial charge on any atom is 0.132 e. The Kier molecular flexibility index (Phi) is 3.26. The third-order valence-electron chi connectivity index (χ3n) is 2.65. The van der Waals surface area contributed by atoms with Crippen LogP contribution in [0.25, 0.3) is 0 Å². The molecule has 0 aliphatic rings. The molecule has 2 rings (SSSR count). The van der Waals surface area contributed by atoms with Crippen LogP contribution in [0.1, 0.15) is 27.0 Å². The van der Waals surface area contributed by atoms with Gasteiger partial charge in [-0.05, 0) is 37.6 Å². The lowest BCUT2D eigenvalue weighted by Crippen LogP contribution is -2.05. The molecule has 0 radical (unpaired) electrons. The molecule has 1 unspecified atom stereocenters. The van der Waals surface area contributed by atoms with Crippen molar-refractivity contribution in [3.63, 3.8) is 0 Å². The Morgan fingerprint density at radius 2 is 1.76 bits per heavy atom. The lowest BCUT2D eigenvalue weighted by atomic mass is 10.0. The Bertz CT molecular complexity index is 528. The quantitative estimate of drug-likeness (QED) is 0.866. The predicted octanol–water partition coefficient (Wildman–Crippen LogP) is 3.72. The molecule has 4 heteroatoms. The number of thiophene rings is 1. The summed E-state index contributed by atoms with van der Waals surface area (Å²) in [7, 11) is 0. The summed E-state index contributed by atoms with van der Waals surface area (Å²) in [5, 5.41) is 10.1. The highest BCUT2D eigenvalue weighted by molar-refractivity contribution is 7.12. The van der Waals surface area contributed by atoms with E-state index in [1.54, 1.807) is 6.07 Å². The van der Waals surface area contributed by atoms with Crippen molar-refractivity contribution < 1.29 is 13.9 Å². The van der Waals surface area contributed by atoms with Gasteiger partial charge in [0.25, 0.3) is 0 Å². The van der Waals surface area contributed by atoms with Crippen LogP contribution in [-0.2, 0) is 0 Å². The molecule has 0 amide bonds. The summed E-state index contributed by atoms with van der Waals surface area (Å²) in [6.07, 6.45) is -1.25. The van der Waals surface area contributed by atoms with E-state index >= 15 is 0 Å². The van der Waals surface area contributed by atoms with E-state index in [9.17, 15) is 13.9 Å². The smallest absolute Gasteiger partial charge is 0.132 e. The molecule has 2 aromatic rings. The van der Waals surface area contributed by atoms with Crippen LogP contribution in [0.2, 0.25) is 0 Å². The summed E-state index contributed by atoms with van der Waals surface area (Å²) in [5.41, 5.74) is 0.282. The second-order valence-corrected chi connectivity index (χ2v) is 5.37. The second kappa shape index (κ2) is 4.55. The number of aliphatic hydroxyl groups excluding tert-OH is 1. The average Bonchev–Trinajstić information content (AvgIpc) is 2.57. The van der Waals surface area contributed by atoms with Crippen LogP contribution < -0.4 is 0 Å². The normalized spacial score (nSPS) is 12.8. The molecule has 0 fully saturated rings. The monoisotopic (exact) mass is 254 g/mol. The van der Waals surface area contributed by atoms with Gasteiger partial charge in [0, 0.05) is 9.75 Å². The Balaban J connectivity index is 2.51. The summed E-state index contributed by atoms with van der Waals surface area (Å²) >= 11 is 1.50. The molecule has 0 saturated carbocycles. The minimum atomic E-state index is -1.25. The van der Waals surface area contributed by atoms with Gasteiger partial charge in [-0.25, -0.2) is 8.78 Å². The fraction of sp³-hybridized carbons (Fsp3) is 0.231. The van der Waals surface area contributed by atoms with Crippen LogP contribution in [0.5, 0.6) is 0 Å². The van der Waals surface area contributed by atoms with Gasteiger partial charge in [0.1, 0.15) is 17.7 Å². The number of benzene rings is 1. The minimum absolute atomic E-state index is 0.284. The molecule has 0 saturated heterocycles. The molecule has 1 aromatic carbocycles. The van der Waals surface area contributed by atoms with Gasteiger partial charge in [0.05, 0.1) is 5.56 Å². The van der Waals surface area contributed by atoms with Crippen LogP contribution in [0, 0.1) is 25.5 Å². The van der Waals surface area contributed by atoms with Crippen molar-refractivity contribution in [1.82, 2.24) is 0 Å². The zero-order chi connectivity index (χ0) is 12.6. The van der Waals surface area contributed by atoms with Crippen molar-refractivity contribution in [2.45, 2.75) is 20.0 Å². The predicted molar refractivity (Wildman–Crippen MR) is 64.2 cm³/mol. The first kappa shape index (κ1) is 12.2. The van der Waals surface area contributed by atoms with Gasteiger partial charge in [-0.3, -0.25) is 0 Å². The zero-order valence-corrected chi connectivity index (χ0v) is 10.3. The third kappa shape index (κ3) is 2.23. The van der Waals surface area contributed by atoms with E-state index in [2.05, 4.69) is 0 Å². The van der Waals surface area contributed by atoms with Crippen molar-refractivity contribution in [3.8, 4) is 0 Å². The second-order valence-electron chi connectivity index (χ2n) is 3.91. The summed E-state index contributed by atoms with van der Waals surface area (Å²) in [4.78, 5) is 1.88. The van der Waals surface area contributed by atoms with Crippen molar-refractivity contribution in [3.05, 3.63) is 56.8 Å². The number of hydrogen-bond donors (Lipinski definition) is 1. The Morgan fingerprint density at radius 3 is 2.24 bits per heavy atom. The maximum atomic E-state index is 13.5. The molecule has 0 bridgehead atoms. The van der Waals surface area contributed by atoms with Crippen LogP contribution >= 0.6 is 11.3 Å². The summed E-state index contributed by atoms with van der Waals surface area (Å²) in [5.74, 6) is -1.44. The van der Waals surface area contributed by atoms with Gasteiger partial charge in [-0.15, -0.1) is 11.3 Å². The molecule has 90 valence electrons. The van der Waals surface area contributed by atoms with E-state index in [0.29, 0.717) is 5.56 Å². The average molecular weight is 254 g/mol. The first-order valence-electron chi connectivity index (χ1n) is 5.19. The largest absolute Gasteiger partial charge is 0.383 e. The molecule has 0 aliphatic heterocycles. The number of halogens is 2. The van der Waals surface area contributed by atoms with Crippen LogP contribution in [0.3, 0.4) is 0 Å². The minimum Gasteiger partial charge on any atom is -0.383 e. The topological polar surface area (TPSA) is 20.2 Å². The Morgan fingerprint density at radius 1 is 1.18 bits per heavy atom. The summed E-state index contributed by atoms with van der Waals surface area (Å²) in [6, 6.07) is 5.34. The Labute approximate surface area is 102 Å². The van der Waals surface area contributed by atoms with Crippen LogP contribution in [0.15, 0.2) is 24.3 Å². The molecule has 1 aromatic heterocycles. The lowest BCUT2D eigenvalue weighted by Gasteiger charge is -2.12. The van der Waals surface area contributed by atoms with E-state index in [1.165, 1.54) is 17.4 Å². The first-order chi connectivity index (χ1) is 8.00. The van der Waals surface area contributed by atoms with Crippen molar-refractivity contribution >= 4 is 11.3 Å². The molecule has 0 spiro atoms. The van der Waals surface area contributed by atoms with Crippen LogP contribution in [-0.4, -0.2) is 5.11 Å². The summed E-state index contributed by atoms with van der Waals surface area (Å²) < 4.78 is 27.1. The number of hydrogen-bond acceptors (Lipinski definition) is 2. The standard InChI is InChI=1S/C13H12F2OS/c1-7-6-9(8(2)17-7)13(16)12-10(14)4-3-5-11(12)15/h3-6,13,16H,1-2H3. The van der Waals surface area contributed by atoms with Gasteiger partial charge in [0.2, 0.25) is 0 Å². The number of rotatable bonds is 2. The molecule has 0 aliphatic carbocycles. The van der Waals surface area contributed by atoms with Gasteiger partial charge in [-0.2, -0.15) is 0 Å². The van der Waals surface area contributed by atoms with E-state index < -0.39 is 17.7 Å². The molecule has 17 heavy (non-hydrogen) atoms. The van der Waals surface area contributed by atoms with Gasteiger partial charge in [-0.1, -0.05) is 6.07 Å². The zero-order valence-electron chi connectivity index (χ0n) is 9.50. The van der Waals surface area contributed by atoms with E-state index in [4.69, 9.17) is 0 Å². The van der Waals surface area contributed by atoms with E-state index in [1.807, 2.05) is 13.8 Å². The molecular formula is C13H12F2OS. The lowest BCUT2D eigenvalue weighted by molar-refractivity contribution is 0.209. The van der Waals surface area contributed by atoms with Gasteiger partial charge >= 0.3 is 0 Å². The highest BCUT2D eigenvalue weighted by atomic mass is 32.1. The highest BCUT2D eigenvalue weighted by Crippen LogP contribution is 2.32. The van der Waals surface area contributed by atoms with Crippen molar-refractivity contribution in [2.24, 2.45) is 0 Å². The SMILES string of the molecule is Cc1cc(C(O)c2c(F)cccc2F)c(C)s1. The maximum absolute atomic E-state index is 13.5.